The highest BCUT2D eigenvalue weighted by Crippen LogP contribution is 2.39. The van der Waals surface area contributed by atoms with Gasteiger partial charge in [-0.15, -0.1) is 0 Å². The fraction of sp³-hybridized carbons (Fsp3) is 0.788. The molecule has 0 saturated heterocycles. The van der Waals surface area contributed by atoms with Crippen molar-refractivity contribution in [2.45, 2.75) is 154 Å². The molecule has 1 aliphatic carbocycles. The van der Waals surface area contributed by atoms with E-state index in [9.17, 15) is 23.1 Å². The number of rotatable bonds is 7. The molecule has 0 radical (unpaired) electrons. The van der Waals surface area contributed by atoms with Gasteiger partial charge in [0, 0.05) is 0 Å². The highest BCUT2D eigenvalue weighted by molar-refractivity contribution is 5.76. The molecular weight excluding hydrogens is 501 g/mol. The lowest BCUT2D eigenvalue weighted by molar-refractivity contribution is -0.258. The molecule has 0 spiro atoms. The predicted molar refractivity (Wildman–Crippen MR) is 163 cm³/mol. The molecule has 2 unspecified atom stereocenters. The average molecular weight is 565 g/mol. The maximum absolute atomic E-state index is 12.6. The molecule has 1 fully saturated rings. The smallest absolute Gasteiger partial charge is 0.421 e. The van der Waals surface area contributed by atoms with Crippen molar-refractivity contribution in [3.63, 3.8) is 0 Å². The van der Waals surface area contributed by atoms with Gasteiger partial charge in [0.1, 0.15) is 5.60 Å². The molecule has 2 atom stereocenters. The number of carbonyl (C=O) groups excluding carboxylic acids is 1. The molecule has 6 heteroatoms. The van der Waals surface area contributed by atoms with Crippen molar-refractivity contribution in [3.8, 4) is 0 Å². The highest BCUT2D eigenvalue weighted by Gasteiger charge is 2.51. The largest absolute Gasteiger partial charge is 0.459 e. The van der Waals surface area contributed by atoms with E-state index in [-0.39, 0.29) is 52.3 Å². The van der Waals surface area contributed by atoms with Gasteiger partial charge in [-0.05, 0) is 89.2 Å². The van der Waals surface area contributed by atoms with Crippen molar-refractivity contribution < 1.29 is 27.8 Å². The Kier molecular flexibility index (Phi) is 19.7. The quantitative estimate of drug-likeness (QED) is 0.335. The lowest BCUT2D eigenvalue weighted by atomic mass is 9.75. The summed E-state index contributed by atoms with van der Waals surface area (Å²) in [4.78, 5) is 12.2. The third-order valence-corrected chi connectivity index (χ3v) is 8.00. The first-order valence-corrected chi connectivity index (χ1v) is 13.0. The Hall–Kier alpha value is -1.56. The number of carbonyl (C=O) groups is 1. The van der Waals surface area contributed by atoms with Gasteiger partial charge in [-0.25, -0.2) is 0 Å². The minimum Gasteiger partial charge on any atom is -0.459 e. The Morgan fingerprint density at radius 2 is 1.36 bits per heavy atom. The van der Waals surface area contributed by atoms with Crippen molar-refractivity contribution in [1.29, 1.82) is 0 Å². The van der Waals surface area contributed by atoms with Crippen LogP contribution in [0.3, 0.4) is 0 Å². The minimum absolute atomic E-state index is 0. The lowest BCUT2D eigenvalue weighted by Gasteiger charge is -2.39. The molecule has 1 saturated carbocycles. The number of hydrogen-bond acceptors (Lipinski definition) is 3. The Labute approximate surface area is 240 Å². The van der Waals surface area contributed by atoms with Crippen LogP contribution in [0.2, 0.25) is 0 Å². The van der Waals surface area contributed by atoms with Crippen LogP contribution in [0.15, 0.2) is 24.3 Å². The molecule has 0 aliphatic heterocycles. The number of benzene rings is 1. The van der Waals surface area contributed by atoms with E-state index in [1.54, 1.807) is 12.1 Å². The summed E-state index contributed by atoms with van der Waals surface area (Å²) in [5.74, 6) is 1.61. The van der Waals surface area contributed by atoms with Crippen molar-refractivity contribution in [2.75, 3.05) is 0 Å². The summed E-state index contributed by atoms with van der Waals surface area (Å²) in [5, 5.41) is 9.48. The second-order valence-electron chi connectivity index (χ2n) is 11.7. The third-order valence-electron chi connectivity index (χ3n) is 8.00. The molecular formula is C33H63F3O3. The third kappa shape index (κ3) is 12.2. The van der Waals surface area contributed by atoms with Crippen LogP contribution in [0.5, 0.6) is 0 Å². The summed E-state index contributed by atoms with van der Waals surface area (Å²) in [6.45, 7) is 17.2. The number of ether oxygens (including phenoxy) is 1. The summed E-state index contributed by atoms with van der Waals surface area (Å²) >= 11 is 0. The van der Waals surface area contributed by atoms with Crippen LogP contribution in [0.25, 0.3) is 0 Å². The molecule has 39 heavy (non-hydrogen) atoms. The van der Waals surface area contributed by atoms with Gasteiger partial charge in [-0.3, -0.25) is 4.79 Å². The molecule has 1 aromatic carbocycles. The zero-order valence-electron chi connectivity index (χ0n) is 23.2. The van der Waals surface area contributed by atoms with Crippen LogP contribution in [0, 0.1) is 17.3 Å². The van der Waals surface area contributed by atoms with E-state index in [1.165, 1.54) is 37.8 Å². The van der Waals surface area contributed by atoms with Crippen molar-refractivity contribution in [1.82, 2.24) is 0 Å². The average Bonchev–Trinajstić information content (AvgIpc) is 2.78. The van der Waals surface area contributed by atoms with E-state index in [0.717, 1.165) is 31.2 Å². The van der Waals surface area contributed by atoms with Gasteiger partial charge in [0.05, 0.1) is 5.41 Å². The summed E-state index contributed by atoms with van der Waals surface area (Å²) in [7, 11) is 0. The van der Waals surface area contributed by atoms with Crippen LogP contribution >= 0.6 is 0 Å². The van der Waals surface area contributed by atoms with Crippen molar-refractivity contribution in [2.24, 2.45) is 17.3 Å². The summed E-state index contributed by atoms with van der Waals surface area (Å²) < 4.78 is 43.6. The van der Waals surface area contributed by atoms with E-state index in [2.05, 4.69) is 20.8 Å². The van der Waals surface area contributed by atoms with Gasteiger partial charge < -0.3 is 9.84 Å². The summed E-state index contributed by atoms with van der Waals surface area (Å²) in [6.07, 6.45) is 2.00. The Bertz CT molecular complexity index is 787. The number of aliphatic hydroxyl groups is 1. The molecule has 234 valence electrons. The lowest BCUT2D eigenvalue weighted by Crippen LogP contribution is -2.42. The molecule has 0 aromatic heterocycles. The summed E-state index contributed by atoms with van der Waals surface area (Å²) in [6, 6.07) is 5.97. The minimum atomic E-state index is -4.66. The predicted octanol–water partition coefficient (Wildman–Crippen LogP) is 11.1. The number of alkyl halides is 3. The molecule has 3 nitrogen and oxygen atoms in total. The normalized spacial score (nSPS) is 19.6. The van der Waals surface area contributed by atoms with Crippen LogP contribution in [0.1, 0.15) is 148 Å². The van der Waals surface area contributed by atoms with Gasteiger partial charge in [0.2, 0.25) is 0 Å². The molecule has 0 heterocycles. The maximum Gasteiger partial charge on any atom is 0.421 e. The fourth-order valence-corrected chi connectivity index (χ4v) is 4.10. The van der Waals surface area contributed by atoms with Gasteiger partial charge in [0.15, 0.2) is 5.60 Å². The Morgan fingerprint density at radius 3 is 1.72 bits per heavy atom. The molecule has 1 aliphatic rings. The zero-order valence-corrected chi connectivity index (χ0v) is 23.2. The molecule has 1 N–H and O–H groups in total. The van der Waals surface area contributed by atoms with E-state index >= 15 is 0 Å². The van der Waals surface area contributed by atoms with Crippen molar-refractivity contribution >= 4 is 5.97 Å². The van der Waals surface area contributed by atoms with E-state index in [1.807, 2.05) is 34.6 Å². The molecule has 0 bridgehead atoms. The van der Waals surface area contributed by atoms with Gasteiger partial charge in [-0.1, -0.05) is 94.5 Å². The van der Waals surface area contributed by atoms with Crippen LogP contribution < -0.4 is 0 Å². The molecule has 2 rings (SSSR count). The van der Waals surface area contributed by atoms with Gasteiger partial charge in [0.25, 0.3) is 0 Å². The van der Waals surface area contributed by atoms with Gasteiger partial charge >= 0.3 is 12.1 Å². The Morgan fingerprint density at radius 1 is 0.923 bits per heavy atom. The van der Waals surface area contributed by atoms with E-state index in [4.69, 9.17) is 4.74 Å². The highest BCUT2D eigenvalue weighted by atomic mass is 19.4. The SMILES string of the molecule is C.C.C.C.CCC(C)(C)C(=O)OC(C)(C)C1CCC(C)CC1.CCC(C)c1ccc(C(C)(O)C(F)(F)F)cc1. The standard InChI is InChI=1S/C16H30O2.C13H17F3O.4CH4/c1-7-15(3,4)14(17)18-16(5,6)13-10-8-12(2)9-11-13;1-4-9(2)10-5-7-11(8-6-10)12(3,17)13(14,15)16;;;;/h12-13H,7-11H2,1-6H3;5-9,17H,4H2,1-3H3;4*1H4. The first-order chi connectivity index (χ1) is 15.9. The van der Waals surface area contributed by atoms with Gasteiger partial charge in [-0.2, -0.15) is 13.2 Å². The first kappa shape index (κ1) is 44.5. The topological polar surface area (TPSA) is 46.5 Å². The number of halogens is 3. The Balaban J connectivity index is -0.000000285. The second-order valence-corrected chi connectivity index (χ2v) is 11.7. The molecule has 0 amide bonds. The maximum atomic E-state index is 12.6. The van der Waals surface area contributed by atoms with E-state index < -0.39 is 11.8 Å². The number of hydrogen-bond donors (Lipinski definition) is 1. The molecule has 1 aromatic rings. The monoisotopic (exact) mass is 564 g/mol. The second kappa shape index (κ2) is 17.3. The summed E-state index contributed by atoms with van der Waals surface area (Å²) in [5.41, 5.74) is -2.62. The fourth-order valence-electron chi connectivity index (χ4n) is 4.10. The first-order valence-electron chi connectivity index (χ1n) is 13.0. The number of esters is 1. The van der Waals surface area contributed by atoms with Crippen LogP contribution in [0.4, 0.5) is 13.2 Å². The van der Waals surface area contributed by atoms with E-state index in [0.29, 0.717) is 11.8 Å². The van der Waals surface area contributed by atoms with Crippen LogP contribution in [-0.4, -0.2) is 22.9 Å². The van der Waals surface area contributed by atoms with Crippen LogP contribution in [-0.2, 0) is 15.1 Å². The van der Waals surface area contributed by atoms with Crippen molar-refractivity contribution in [3.05, 3.63) is 35.4 Å². The zero-order chi connectivity index (χ0) is 27.2.